The first-order chi connectivity index (χ1) is 8.92. The number of para-hydroxylation sites is 1. The maximum Gasteiger partial charge on any atom is 0.125 e. The lowest BCUT2D eigenvalue weighted by molar-refractivity contribution is 0.568. The Morgan fingerprint density at radius 1 is 1.17 bits per heavy atom. The highest BCUT2D eigenvalue weighted by Crippen LogP contribution is 2.17. The van der Waals surface area contributed by atoms with E-state index in [2.05, 4.69) is 15.3 Å². The Morgan fingerprint density at radius 3 is 2.83 bits per heavy atom. The van der Waals surface area contributed by atoms with Crippen molar-refractivity contribution in [3.63, 3.8) is 0 Å². The molecule has 0 amide bonds. The third-order valence-corrected chi connectivity index (χ3v) is 2.69. The summed E-state index contributed by atoms with van der Waals surface area (Å²) in [7, 11) is 0. The van der Waals surface area contributed by atoms with E-state index >= 15 is 0 Å². The summed E-state index contributed by atoms with van der Waals surface area (Å²) in [5.41, 5.74) is 3.06. The van der Waals surface area contributed by atoms with Crippen molar-refractivity contribution in [3.05, 3.63) is 60.9 Å². The van der Waals surface area contributed by atoms with Gasteiger partial charge in [-0.1, -0.05) is 18.2 Å². The lowest BCUT2D eigenvalue weighted by atomic mass is 10.3. The van der Waals surface area contributed by atoms with Gasteiger partial charge in [0.25, 0.3) is 0 Å². The zero-order chi connectivity index (χ0) is 12.2. The fourth-order valence-corrected chi connectivity index (χ4v) is 1.76. The van der Waals surface area contributed by atoms with Crippen LogP contribution >= 0.6 is 0 Å². The van der Waals surface area contributed by atoms with Crippen molar-refractivity contribution in [2.45, 2.75) is 6.54 Å². The summed E-state index contributed by atoms with van der Waals surface area (Å²) in [4.78, 5) is 7.58. The van der Waals surface area contributed by atoms with Crippen LogP contribution in [-0.4, -0.2) is 9.97 Å². The molecule has 2 aromatic heterocycles. The number of anilines is 1. The Kier molecular flexibility index (Phi) is 2.84. The second kappa shape index (κ2) is 4.79. The molecule has 0 fully saturated rings. The minimum atomic E-state index is 0.669. The lowest BCUT2D eigenvalue weighted by Gasteiger charge is -2.03. The maximum atomic E-state index is 5.04. The fourth-order valence-electron chi connectivity index (χ4n) is 1.76. The largest absolute Gasteiger partial charge is 0.472 e. The maximum absolute atomic E-state index is 5.04. The zero-order valence-corrected chi connectivity index (χ0v) is 9.76. The average molecular weight is 239 g/mol. The number of hydrogen-bond acceptors (Lipinski definition) is 3. The van der Waals surface area contributed by atoms with Crippen molar-refractivity contribution in [3.8, 4) is 11.3 Å². The first kappa shape index (κ1) is 10.7. The number of aromatic nitrogens is 2. The van der Waals surface area contributed by atoms with Crippen LogP contribution in [0, 0.1) is 0 Å². The van der Waals surface area contributed by atoms with Crippen molar-refractivity contribution in [2.75, 3.05) is 5.32 Å². The Bertz CT molecular complexity index is 599. The number of H-pyrrole nitrogens is 1. The van der Waals surface area contributed by atoms with Crippen LogP contribution in [0.1, 0.15) is 5.82 Å². The molecule has 0 spiro atoms. The molecule has 0 aliphatic rings. The molecule has 90 valence electrons. The summed E-state index contributed by atoms with van der Waals surface area (Å²) in [5, 5.41) is 3.30. The van der Waals surface area contributed by atoms with E-state index < -0.39 is 0 Å². The molecule has 1 aromatic carbocycles. The van der Waals surface area contributed by atoms with Gasteiger partial charge in [0.05, 0.1) is 31.0 Å². The number of aromatic amines is 1. The van der Waals surface area contributed by atoms with Gasteiger partial charge < -0.3 is 14.7 Å². The first-order valence-electron chi connectivity index (χ1n) is 5.77. The Morgan fingerprint density at radius 2 is 2.06 bits per heavy atom. The van der Waals surface area contributed by atoms with Gasteiger partial charge in [-0.15, -0.1) is 0 Å². The summed E-state index contributed by atoms with van der Waals surface area (Å²) < 4.78 is 5.04. The summed E-state index contributed by atoms with van der Waals surface area (Å²) in [5.74, 6) is 0.898. The van der Waals surface area contributed by atoms with Crippen LogP contribution in [0.2, 0.25) is 0 Å². The second-order valence-electron chi connectivity index (χ2n) is 3.98. The summed E-state index contributed by atoms with van der Waals surface area (Å²) in [6, 6.07) is 12.0. The topological polar surface area (TPSA) is 53.9 Å². The van der Waals surface area contributed by atoms with E-state index in [9.17, 15) is 0 Å². The lowest BCUT2D eigenvalue weighted by Crippen LogP contribution is -2.00. The van der Waals surface area contributed by atoms with Gasteiger partial charge in [0.15, 0.2) is 0 Å². The monoisotopic (exact) mass is 239 g/mol. The van der Waals surface area contributed by atoms with Gasteiger partial charge in [-0.25, -0.2) is 4.98 Å². The van der Waals surface area contributed by atoms with Gasteiger partial charge in [0.2, 0.25) is 0 Å². The van der Waals surface area contributed by atoms with Crippen LogP contribution in [0.4, 0.5) is 5.69 Å². The highest BCUT2D eigenvalue weighted by atomic mass is 16.3. The number of furan rings is 1. The number of imidazole rings is 1. The molecule has 0 unspecified atom stereocenters. The Hall–Kier alpha value is -2.49. The van der Waals surface area contributed by atoms with Crippen LogP contribution in [-0.2, 0) is 6.54 Å². The quantitative estimate of drug-likeness (QED) is 0.734. The van der Waals surface area contributed by atoms with Crippen LogP contribution in [0.15, 0.2) is 59.5 Å². The fraction of sp³-hybridized carbons (Fsp3) is 0.0714. The molecule has 4 heteroatoms. The predicted molar refractivity (Wildman–Crippen MR) is 70.1 cm³/mol. The minimum Gasteiger partial charge on any atom is -0.472 e. The average Bonchev–Trinajstić information content (AvgIpc) is 3.08. The SMILES string of the molecule is c1ccc(NCc2ncc(-c3ccoc3)[nH]2)cc1. The minimum absolute atomic E-state index is 0.669. The molecule has 2 heterocycles. The van der Waals surface area contributed by atoms with E-state index in [-0.39, 0.29) is 0 Å². The first-order valence-corrected chi connectivity index (χ1v) is 5.77. The van der Waals surface area contributed by atoms with E-state index in [1.165, 1.54) is 0 Å². The van der Waals surface area contributed by atoms with Crippen molar-refractivity contribution < 1.29 is 4.42 Å². The highest BCUT2D eigenvalue weighted by molar-refractivity contribution is 5.56. The van der Waals surface area contributed by atoms with Crippen LogP contribution in [0.5, 0.6) is 0 Å². The highest BCUT2D eigenvalue weighted by Gasteiger charge is 2.03. The Labute approximate surface area is 105 Å². The molecular formula is C14H13N3O. The van der Waals surface area contributed by atoms with Gasteiger partial charge >= 0.3 is 0 Å². The van der Waals surface area contributed by atoms with Gasteiger partial charge in [-0.2, -0.15) is 0 Å². The van der Waals surface area contributed by atoms with E-state index in [4.69, 9.17) is 4.42 Å². The van der Waals surface area contributed by atoms with E-state index in [0.717, 1.165) is 22.8 Å². The van der Waals surface area contributed by atoms with Crippen molar-refractivity contribution >= 4 is 5.69 Å². The van der Waals surface area contributed by atoms with Crippen LogP contribution in [0.25, 0.3) is 11.3 Å². The van der Waals surface area contributed by atoms with Gasteiger partial charge in [-0.3, -0.25) is 0 Å². The third kappa shape index (κ3) is 2.27. The molecule has 0 atom stereocenters. The molecule has 0 radical (unpaired) electrons. The summed E-state index contributed by atoms with van der Waals surface area (Å²) >= 11 is 0. The molecule has 2 N–H and O–H groups in total. The Balaban J connectivity index is 1.68. The van der Waals surface area contributed by atoms with Gasteiger partial charge in [0, 0.05) is 11.3 Å². The molecule has 0 aliphatic carbocycles. The number of rotatable bonds is 4. The van der Waals surface area contributed by atoms with Gasteiger partial charge in [0.1, 0.15) is 5.82 Å². The second-order valence-corrected chi connectivity index (χ2v) is 3.98. The molecule has 3 aromatic rings. The molecular weight excluding hydrogens is 226 g/mol. The molecule has 0 bridgehead atoms. The molecule has 4 nitrogen and oxygen atoms in total. The number of benzene rings is 1. The number of hydrogen-bond donors (Lipinski definition) is 2. The van der Waals surface area contributed by atoms with Crippen LogP contribution < -0.4 is 5.32 Å². The van der Waals surface area contributed by atoms with Crippen molar-refractivity contribution in [2.24, 2.45) is 0 Å². The molecule has 18 heavy (non-hydrogen) atoms. The van der Waals surface area contributed by atoms with E-state index in [0.29, 0.717) is 6.54 Å². The van der Waals surface area contributed by atoms with Crippen molar-refractivity contribution in [1.29, 1.82) is 0 Å². The molecule has 0 saturated carbocycles. The van der Waals surface area contributed by atoms with Gasteiger partial charge in [-0.05, 0) is 18.2 Å². The standard InChI is InChI=1S/C14H13N3O/c1-2-4-12(5-3-1)15-9-14-16-8-13(17-14)11-6-7-18-10-11/h1-8,10,15H,9H2,(H,16,17). The summed E-state index contributed by atoms with van der Waals surface area (Å²) in [6.07, 6.45) is 5.16. The van der Waals surface area contributed by atoms with Crippen LogP contribution in [0.3, 0.4) is 0 Å². The molecule has 0 saturated heterocycles. The van der Waals surface area contributed by atoms with E-state index in [1.54, 1.807) is 12.5 Å². The zero-order valence-electron chi connectivity index (χ0n) is 9.76. The molecule has 0 aliphatic heterocycles. The smallest absolute Gasteiger partial charge is 0.125 e. The van der Waals surface area contributed by atoms with E-state index in [1.807, 2.05) is 42.6 Å². The predicted octanol–water partition coefficient (Wildman–Crippen LogP) is 3.28. The number of nitrogens with one attached hydrogen (secondary N) is 2. The van der Waals surface area contributed by atoms with Crippen molar-refractivity contribution in [1.82, 2.24) is 9.97 Å². The number of nitrogens with zero attached hydrogens (tertiary/aromatic N) is 1. The molecule has 3 rings (SSSR count). The summed E-state index contributed by atoms with van der Waals surface area (Å²) in [6.45, 7) is 0.669. The normalized spacial score (nSPS) is 10.4. The third-order valence-electron chi connectivity index (χ3n) is 2.69.